The molecule has 1 aliphatic heterocycles. The van der Waals surface area contributed by atoms with Crippen molar-refractivity contribution in [1.29, 1.82) is 0 Å². The number of fused-ring (bicyclic) bond motifs is 2. The summed E-state index contributed by atoms with van der Waals surface area (Å²) in [6, 6.07) is 12.3. The van der Waals surface area contributed by atoms with Crippen LogP contribution in [0.15, 0.2) is 55.0 Å². The number of rotatable bonds is 4. The van der Waals surface area contributed by atoms with Crippen molar-refractivity contribution in [2.45, 2.75) is 19.4 Å². The van der Waals surface area contributed by atoms with Gasteiger partial charge in [0.25, 0.3) is 0 Å². The lowest BCUT2D eigenvalue weighted by Crippen LogP contribution is -2.18. The first kappa shape index (κ1) is 17.3. The van der Waals surface area contributed by atoms with Gasteiger partial charge in [-0.1, -0.05) is 12.1 Å². The molecule has 0 atom stereocenters. The van der Waals surface area contributed by atoms with Gasteiger partial charge in [-0.15, -0.1) is 0 Å². The molecule has 0 radical (unpaired) electrons. The highest BCUT2D eigenvalue weighted by atomic mass is 15.1. The minimum atomic E-state index is 0.750. The number of para-hydroxylation sites is 2. The number of aromatic nitrogens is 6. The standard InChI is InChI=1S/C23H21N7/c1-2-6-19-18(5-1)26-23(27-19)22-17-10-20(25-13-21(17)28-29-22)16-9-15(11-24-12-16)14-30-7-3-4-8-30/h1-2,5-6,9-13H,3-4,7-8,14H2,(H,26,27)(H,28,29). The molecule has 1 saturated heterocycles. The molecule has 5 heterocycles. The van der Waals surface area contributed by atoms with Crippen LogP contribution in [0.25, 0.3) is 44.7 Å². The molecule has 0 amide bonds. The quantitative estimate of drug-likeness (QED) is 0.477. The third-order valence-corrected chi connectivity index (χ3v) is 5.76. The molecular formula is C23H21N7. The number of benzene rings is 1. The number of pyridine rings is 2. The average Bonchev–Trinajstić information content (AvgIpc) is 3.52. The van der Waals surface area contributed by atoms with E-state index >= 15 is 0 Å². The summed E-state index contributed by atoms with van der Waals surface area (Å²) in [7, 11) is 0. The predicted octanol–water partition coefficient (Wildman–Crippen LogP) is 4.16. The normalized spacial score (nSPS) is 14.8. The maximum Gasteiger partial charge on any atom is 0.159 e. The van der Waals surface area contributed by atoms with Gasteiger partial charge >= 0.3 is 0 Å². The van der Waals surface area contributed by atoms with Crippen LogP contribution in [0.3, 0.4) is 0 Å². The van der Waals surface area contributed by atoms with Crippen molar-refractivity contribution in [3.8, 4) is 22.8 Å². The lowest BCUT2D eigenvalue weighted by atomic mass is 10.1. The van der Waals surface area contributed by atoms with Gasteiger partial charge in [0.2, 0.25) is 0 Å². The Hall–Kier alpha value is -3.58. The Morgan fingerprint density at radius 1 is 0.967 bits per heavy atom. The van der Waals surface area contributed by atoms with Crippen LogP contribution in [0.4, 0.5) is 0 Å². The van der Waals surface area contributed by atoms with Crippen LogP contribution in [0.1, 0.15) is 18.4 Å². The van der Waals surface area contributed by atoms with Crippen LogP contribution >= 0.6 is 0 Å². The molecule has 0 saturated carbocycles. The second kappa shape index (κ2) is 7.03. The first-order valence-corrected chi connectivity index (χ1v) is 10.3. The third-order valence-electron chi connectivity index (χ3n) is 5.76. The van der Waals surface area contributed by atoms with Crippen LogP contribution in [-0.4, -0.2) is 48.1 Å². The van der Waals surface area contributed by atoms with Crippen LogP contribution in [0, 0.1) is 0 Å². The molecule has 7 heteroatoms. The number of nitrogens with zero attached hydrogens (tertiary/aromatic N) is 5. The van der Waals surface area contributed by atoms with E-state index in [2.05, 4.69) is 42.2 Å². The van der Waals surface area contributed by atoms with E-state index in [0.717, 1.165) is 51.3 Å². The topological polar surface area (TPSA) is 86.4 Å². The summed E-state index contributed by atoms with van der Waals surface area (Å²) in [5.41, 5.74) is 6.73. The molecule has 1 fully saturated rings. The van der Waals surface area contributed by atoms with E-state index in [1.54, 1.807) is 0 Å². The molecule has 0 spiro atoms. The first-order valence-electron chi connectivity index (χ1n) is 10.3. The molecule has 0 bridgehead atoms. The number of likely N-dealkylation sites (tertiary alicyclic amines) is 1. The highest BCUT2D eigenvalue weighted by Crippen LogP contribution is 2.29. The van der Waals surface area contributed by atoms with Gasteiger partial charge in [0.05, 0.1) is 28.4 Å². The Labute approximate surface area is 173 Å². The lowest BCUT2D eigenvalue weighted by molar-refractivity contribution is 0.331. The van der Waals surface area contributed by atoms with E-state index in [0.29, 0.717) is 0 Å². The Kier molecular flexibility index (Phi) is 4.06. The molecule has 7 nitrogen and oxygen atoms in total. The second-order valence-corrected chi connectivity index (χ2v) is 7.86. The molecule has 5 aromatic rings. The smallest absolute Gasteiger partial charge is 0.159 e. The molecule has 0 unspecified atom stereocenters. The largest absolute Gasteiger partial charge is 0.337 e. The van der Waals surface area contributed by atoms with Gasteiger partial charge in [0.15, 0.2) is 5.82 Å². The monoisotopic (exact) mass is 395 g/mol. The molecule has 1 aliphatic rings. The molecule has 30 heavy (non-hydrogen) atoms. The summed E-state index contributed by atoms with van der Waals surface area (Å²) in [4.78, 5) is 19.7. The molecule has 2 N–H and O–H groups in total. The summed E-state index contributed by atoms with van der Waals surface area (Å²) in [5.74, 6) is 0.750. The highest BCUT2D eigenvalue weighted by Gasteiger charge is 2.15. The Morgan fingerprint density at radius 3 is 2.77 bits per heavy atom. The first-order chi connectivity index (χ1) is 14.8. The van der Waals surface area contributed by atoms with Crippen molar-refractivity contribution < 1.29 is 0 Å². The summed E-state index contributed by atoms with van der Waals surface area (Å²) in [6.07, 6.45) is 8.24. The summed E-state index contributed by atoms with van der Waals surface area (Å²) >= 11 is 0. The summed E-state index contributed by atoms with van der Waals surface area (Å²) in [5, 5.41) is 8.56. The molecule has 148 valence electrons. The zero-order valence-electron chi connectivity index (χ0n) is 16.5. The minimum Gasteiger partial charge on any atom is -0.337 e. The van der Waals surface area contributed by atoms with E-state index in [9.17, 15) is 0 Å². The van der Waals surface area contributed by atoms with Gasteiger partial charge in [-0.3, -0.25) is 20.0 Å². The zero-order chi connectivity index (χ0) is 19.9. The van der Waals surface area contributed by atoms with Gasteiger partial charge < -0.3 is 4.98 Å². The van der Waals surface area contributed by atoms with Gasteiger partial charge in [-0.05, 0) is 55.8 Å². The van der Waals surface area contributed by atoms with Crippen molar-refractivity contribution in [3.05, 3.63) is 60.6 Å². The van der Waals surface area contributed by atoms with Crippen molar-refractivity contribution in [2.75, 3.05) is 13.1 Å². The predicted molar refractivity (Wildman–Crippen MR) is 117 cm³/mol. The minimum absolute atomic E-state index is 0.750. The maximum atomic E-state index is 4.70. The molecular weight excluding hydrogens is 374 g/mol. The fourth-order valence-corrected chi connectivity index (χ4v) is 4.23. The third kappa shape index (κ3) is 3.04. The lowest BCUT2D eigenvalue weighted by Gasteiger charge is -2.14. The molecule has 4 aromatic heterocycles. The Morgan fingerprint density at radius 2 is 1.87 bits per heavy atom. The molecule has 6 rings (SSSR count). The van der Waals surface area contributed by atoms with Crippen LogP contribution < -0.4 is 0 Å². The highest BCUT2D eigenvalue weighted by molar-refractivity contribution is 5.94. The second-order valence-electron chi connectivity index (χ2n) is 7.86. The van der Waals surface area contributed by atoms with Crippen LogP contribution in [0.2, 0.25) is 0 Å². The van der Waals surface area contributed by atoms with E-state index in [4.69, 9.17) is 4.98 Å². The fraction of sp³-hybridized carbons (Fsp3) is 0.217. The SMILES string of the molecule is c1ccc2[nH]c(-c3n[nH]c4cnc(-c5cncc(CN6CCCC6)c5)cc34)nc2c1. The van der Waals surface area contributed by atoms with Crippen molar-refractivity contribution in [2.24, 2.45) is 0 Å². The average molecular weight is 395 g/mol. The summed E-state index contributed by atoms with van der Waals surface area (Å²) < 4.78 is 0. The van der Waals surface area contributed by atoms with Gasteiger partial charge in [0, 0.05) is 29.9 Å². The number of hydrogen-bond acceptors (Lipinski definition) is 5. The van der Waals surface area contributed by atoms with E-state index in [1.807, 2.05) is 42.9 Å². The maximum absolute atomic E-state index is 4.70. The summed E-state index contributed by atoms with van der Waals surface area (Å²) in [6.45, 7) is 3.29. The Bertz CT molecular complexity index is 1310. The number of aromatic amines is 2. The van der Waals surface area contributed by atoms with E-state index in [1.165, 1.54) is 31.5 Å². The van der Waals surface area contributed by atoms with Crippen LogP contribution in [0.5, 0.6) is 0 Å². The van der Waals surface area contributed by atoms with E-state index in [-0.39, 0.29) is 0 Å². The van der Waals surface area contributed by atoms with Gasteiger partial charge in [-0.2, -0.15) is 5.10 Å². The number of hydrogen-bond donors (Lipinski definition) is 2. The fourth-order valence-electron chi connectivity index (χ4n) is 4.23. The van der Waals surface area contributed by atoms with Crippen LogP contribution in [-0.2, 0) is 6.54 Å². The van der Waals surface area contributed by atoms with Gasteiger partial charge in [-0.25, -0.2) is 4.98 Å². The van der Waals surface area contributed by atoms with Crippen molar-refractivity contribution >= 4 is 21.9 Å². The van der Waals surface area contributed by atoms with E-state index < -0.39 is 0 Å². The molecule has 0 aliphatic carbocycles. The Balaban J connectivity index is 1.39. The number of nitrogens with one attached hydrogen (secondary N) is 2. The van der Waals surface area contributed by atoms with Gasteiger partial charge in [0.1, 0.15) is 5.69 Å². The number of H-pyrrole nitrogens is 2. The van der Waals surface area contributed by atoms with Crippen molar-refractivity contribution in [1.82, 2.24) is 35.0 Å². The van der Waals surface area contributed by atoms with Crippen molar-refractivity contribution in [3.63, 3.8) is 0 Å². The molecule has 1 aromatic carbocycles. The zero-order valence-corrected chi connectivity index (χ0v) is 16.5. The number of imidazole rings is 1.